The number of nitrogens with zero attached hydrogens (tertiary/aromatic N) is 1. The van der Waals surface area contributed by atoms with Crippen molar-refractivity contribution in [2.45, 2.75) is 58.2 Å². The molecule has 142 valence electrons. The van der Waals surface area contributed by atoms with E-state index >= 15 is 0 Å². The molecule has 26 heavy (non-hydrogen) atoms. The molecule has 4 unspecified atom stereocenters. The van der Waals surface area contributed by atoms with Gasteiger partial charge in [0.05, 0.1) is 18.8 Å². The Morgan fingerprint density at radius 2 is 2.04 bits per heavy atom. The summed E-state index contributed by atoms with van der Waals surface area (Å²) < 4.78 is 11.8. The van der Waals surface area contributed by atoms with Crippen LogP contribution in [0.3, 0.4) is 0 Å². The zero-order valence-electron chi connectivity index (χ0n) is 16.1. The van der Waals surface area contributed by atoms with Gasteiger partial charge in [-0.3, -0.25) is 4.99 Å². The highest BCUT2D eigenvalue weighted by atomic mass is 16.5. The third-order valence-corrected chi connectivity index (χ3v) is 6.21. The number of aliphatic imine (C=N–C) groups is 1. The smallest absolute Gasteiger partial charge is 0.191 e. The first kappa shape index (κ1) is 17.7. The summed E-state index contributed by atoms with van der Waals surface area (Å²) in [5, 5.41) is 7.40. The summed E-state index contributed by atoms with van der Waals surface area (Å²) >= 11 is 0. The molecule has 2 fully saturated rings. The molecule has 3 aliphatic rings. The van der Waals surface area contributed by atoms with Crippen LogP contribution in [0.25, 0.3) is 0 Å². The number of fused-ring (bicyclic) bond motifs is 2. The molecular weight excluding hydrogens is 326 g/mol. The fourth-order valence-corrected chi connectivity index (χ4v) is 4.91. The predicted octanol–water partition coefficient (Wildman–Crippen LogP) is 3.27. The second-order valence-electron chi connectivity index (χ2n) is 8.24. The number of benzene rings is 1. The average Bonchev–Trinajstić information content (AvgIpc) is 2.66. The van der Waals surface area contributed by atoms with Gasteiger partial charge >= 0.3 is 0 Å². The van der Waals surface area contributed by atoms with Crippen molar-refractivity contribution in [1.29, 1.82) is 0 Å². The lowest BCUT2D eigenvalue weighted by molar-refractivity contribution is -0.188. The molecule has 4 rings (SSSR count). The number of ether oxygens (including phenoxy) is 2. The Morgan fingerprint density at radius 3 is 2.88 bits per heavy atom. The minimum Gasteiger partial charge on any atom is -0.493 e. The summed E-state index contributed by atoms with van der Waals surface area (Å²) in [5.41, 5.74) is 1.35. The molecule has 5 nitrogen and oxygen atoms in total. The van der Waals surface area contributed by atoms with Crippen LogP contribution in [-0.4, -0.2) is 37.9 Å². The third-order valence-electron chi connectivity index (χ3n) is 6.21. The van der Waals surface area contributed by atoms with E-state index in [1.807, 2.05) is 12.1 Å². The monoisotopic (exact) mass is 357 g/mol. The molecule has 0 spiro atoms. The van der Waals surface area contributed by atoms with Crippen LogP contribution in [0.2, 0.25) is 0 Å². The van der Waals surface area contributed by atoms with E-state index in [0.29, 0.717) is 18.1 Å². The van der Waals surface area contributed by atoms with Gasteiger partial charge in [0.25, 0.3) is 0 Å². The maximum atomic E-state index is 6.04. The average molecular weight is 357 g/mol. The normalized spacial score (nSPS) is 32.5. The van der Waals surface area contributed by atoms with Gasteiger partial charge in [0.2, 0.25) is 0 Å². The first-order valence-corrected chi connectivity index (χ1v) is 10.0. The van der Waals surface area contributed by atoms with E-state index in [4.69, 9.17) is 14.5 Å². The highest BCUT2D eigenvalue weighted by Gasteiger charge is 2.58. The summed E-state index contributed by atoms with van der Waals surface area (Å²) in [7, 11) is 0. The summed E-state index contributed by atoms with van der Waals surface area (Å²) in [6, 6.07) is 8.94. The van der Waals surface area contributed by atoms with Gasteiger partial charge in [-0.15, -0.1) is 0 Å². The molecule has 1 saturated heterocycles. The molecule has 2 aliphatic heterocycles. The highest BCUT2D eigenvalue weighted by Crippen LogP contribution is 2.51. The molecule has 0 radical (unpaired) electrons. The van der Waals surface area contributed by atoms with E-state index in [9.17, 15) is 0 Å². The fourth-order valence-electron chi connectivity index (χ4n) is 4.91. The van der Waals surface area contributed by atoms with Crippen molar-refractivity contribution >= 4 is 5.96 Å². The summed E-state index contributed by atoms with van der Waals surface area (Å²) in [4.78, 5) is 4.73. The molecular formula is C21H31N3O2. The number of nitrogens with one attached hydrogen (secondary N) is 2. The van der Waals surface area contributed by atoms with E-state index in [0.717, 1.165) is 44.3 Å². The number of hydrogen-bond acceptors (Lipinski definition) is 3. The van der Waals surface area contributed by atoms with Crippen molar-refractivity contribution in [2.24, 2.45) is 16.3 Å². The molecule has 2 N–H and O–H groups in total. The quantitative estimate of drug-likeness (QED) is 0.644. The van der Waals surface area contributed by atoms with Crippen molar-refractivity contribution in [3.63, 3.8) is 0 Å². The molecule has 0 aromatic heterocycles. The topological polar surface area (TPSA) is 54.9 Å². The molecule has 1 aliphatic carbocycles. The first-order valence-electron chi connectivity index (χ1n) is 10.0. The van der Waals surface area contributed by atoms with E-state index in [-0.39, 0.29) is 11.5 Å². The van der Waals surface area contributed by atoms with Crippen LogP contribution in [0.1, 0.15) is 51.6 Å². The Labute approximate surface area is 156 Å². The SMILES string of the molecule is CCN=C(NC1CCOc2ccccc21)NC1C2CCCOC2C1(C)C. The third kappa shape index (κ3) is 3.07. The van der Waals surface area contributed by atoms with Gasteiger partial charge in [0.15, 0.2) is 5.96 Å². The van der Waals surface area contributed by atoms with Crippen LogP contribution < -0.4 is 15.4 Å². The molecule has 2 heterocycles. The van der Waals surface area contributed by atoms with Crippen LogP contribution in [0, 0.1) is 11.3 Å². The Hall–Kier alpha value is -1.75. The Bertz CT molecular complexity index is 673. The van der Waals surface area contributed by atoms with Crippen LogP contribution in [0.5, 0.6) is 5.75 Å². The van der Waals surface area contributed by atoms with Gasteiger partial charge in [-0.25, -0.2) is 0 Å². The minimum absolute atomic E-state index is 0.134. The van der Waals surface area contributed by atoms with Gasteiger partial charge in [0.1, 0.15) is 5.75 Å². The molecule has 4 atom stereocenters. The maximum Gasteiger partial charge on any atom is 0.191 e. The molecule has 5 heteroatoms. The van der Waals surface area contributed by atoms with E-state index in [2.05, 4.69) is 43.5 Å². The Balaban J connectivity index is 1.48. The van der Waals surface area contributed by atoms with Gasteiger partial charge < -0.3 is 20.1 Å². The zero-order chi connectivity index (χ0) is 18.1. The first-order chi connectivity index (χ1) is 12.6. The zero-order valence-corrected chi connectivity index (χ0v) is 16.1. The number of guanidine groups is 1. The Morgan fingerprint density at radius 1 is 1.19 bits per heavy atom. The van der Waals surface area contributed by atoms with Crippen LogP contribution in [-0.2, 0) is 4.74 Å². The standard InChI is InChI=1S/C21H31N3O2/c1-4-22-20(23-16-11-13-25-17-10-6-5-8-14(16)17)24-18-15-9-7-12-26-19(15)21(18,2)3/h5-6,8,10,15-16,18-19H,4,7,9,11-13H2,1-3H3,(H2,22,23,24). The largest absolute Gasteiger partial charge is 0.493 e. The van der Waals surface area contributed by atoms with Gasteiger partial charge in [-0.2, -0.15) is 0 Å². The molecule has 0 amide bonds. The fraction of sp³-hybridized carbons (Fsp3) is 0.667. The van der Waals surface area contributed by atoms with Crippen LogP contribution in [0.15, 0.2) is 29.3 Å². The summed E-state index contributed by atoms with van der Waals surface area (Å²) in [6.45, 7) is 9.11. The Kier molecular flexibility index (Phi) is 4.82. The van der Waals surface area contributed by atoms with Gasteiger partial charge in [-0.1, -0.05) is 32.0 Å². The summed E-state index contributed by atoms with van der Waals surface area (Å²) in [6.07, 6.45) is 3.73. The van der Waals surface area contributed by atoms with Crippen LogP contribution in [0.4, 0.5) is 0 Å². The van der Waals surface area contributed by atoms with Crippen molar-refractivity contribution in [1.82, 2.24) is 10.6 Å². The van der Waals surface area contributed by atoms with E-state index in [1.165, 1.54) is 12.0 Å². The predicted molar refractivity (Wildman–Crippen MR) is 104 cm³/mol. The maximum absolute atomic E-state index is 6.04. The lowest BCUT2D eigenvalue weighted by Gasteiger charge is -2.60. The molecule has 0 bridgehead atoms. The van der Waals surface area contributed by atoms with Crippen molar-refractivity contribution in [3.05, 3.63) is 29.8 Å². The van der Waals surface area contributed by atoms with E-state index in [1.54, 1.807) is 0 Å². The lowest BCUT2D eigenvalue weighted by atomic mass is 9.55. The highest BCUT2D eigenvalue weighted by molar-refractivity contribution is 5.81. The number of hydrogen-bond donors (Lipinski definition) is 2. The van der Waals surface area contributed by atoms with Gasteiger partial charge in [-0.05, 0) is 25.8 Å². The van der Waals surface area contributed by atoms with E-state index < -0.39 is 0 Å². The second kappa shape index (κ2) is 7.10. The van der Waals surface area contributed by atoms with Gasteiger partial charge in [0, 0.05) is 42.5 Å². The summed E-state index contributed by atoms with van der Waals surface area (Å²) in [5.74, 6) is 2.48. The van der Waals surface area contributed by atoms with Crippen molar-refractivity contribution in [3.8, 4) is 5.75 Å². The lowest BCUT2D eigenvalue weighted by Crippen LogP contribution is -2.71. The number of para-hydroxylation sites is 1. The minimum atomic E-state index is 0.134. The number of rotatable bonds is 3. The van der Waals surface area contributed by atoms with Crippen molar-refractivity contribution < 1.29 is 9.47 Å². The molecule has 1 saturated carbocycles. The van der Waals surface area contributed by atoms with Crippen LogP contribution >= 0.6 is 0 Å². The molecule has 1 aromatic carbocycles. The molecule has 1 aromatic rings. The second-order valence-corrected chi connectivity index (χ2v) is 8.24. The van der Waals surface area contributed by atoms with Crippen molar-refractivity contribution in [2.75, 3.05) is 19.8 Å².